The van der Waals surface area contributed by atoms with Gasteiger partial charge in [-0.1, -0.05) is 25.7 Å². The molecule has 0 spiro atoms. The Hall–Kier alpha value is -0.530. The minimum Gasteiger partial charge on any atom is -0.390 e. The van der Waals surface area contributed by atoms with E-state index in [-0.39, 0.29) is 0 Å². The van der Waals surface area contributed by atoms with Gasteiger partial charge in [0, 0.05) is 0 Å². The van der Waals surface area contributed by atoms with E-state index in [2.05, 4.69) is 5.73 Å². The van der Waals surface area contributed by atoms with E-state index in [9.17, 15) is 0 Å². The summed E-state index contributed by atoms with van der Waals surface area (Å²) in [6, 6.07) is 0. The molecule has 0 saturated heterocycles. The van der Waals surface area contributed by atoms with Crippen LogP contribution in [0, 0.1) is 5.41 Å². The third-order valence-electron chi connectivity index (χ3n) is 1.000. The lowest BCUT2D eigenvalue weighted by Crippen LogP contribution is -1.85. The van der Waals surface area contributed by atoms with Gasteiger partial charge in [-0.25, -0.2) is 0 Å². The Morgan fingerprint density at radius 2 is 1.29 bits per heavy atom. The van der Waals surface area contributed by atoms with Gasteiger partial charge in [0.1, 0.15) is 0 Å². The molecule has 0 atom stereocenters. The van der Waals surface area contributed by atoms with Crippen LogP contribution in [0.4, 0.5) is 0 Å². The first-order chi connectivity index (χ1) is 3.41. The molecule has 0 aliphatic heterocycles. The molecule has 0 bridgehead atoms. The van der Waals surface area contributed by atoms with Crippen molar-refractivity contribution < 1.29 is 0 Å². The van der Waals surface area contributed by atoms with Gasteiger partial charge in [-0.05, 0) is 0 Å². The van der Waals surface area contributed by atoms with Gasteiger partial charge < -0.3 is 5.73 Å². The quantitative estimate of drug-likeness (QED) is 0.347. The fourth-order valence-electron chi connectivity index (χ4n) is 0.250. The SMILES string of the molecule is C1CCC1.N=CN. The van der Waals surface area contributed by atoms with Crippen molar-refractivity contribution in [1.29, 1.82) is 5.41 Å². The Balaban J connectivity index is 0.000000110. The number of nitrogens with one attached hydrogen (secondary N) is 1. The van der Waals surface area contributed by atoms with Crippen LogP contribution in [0.5, 0.6) is 0 Å². The topological polar surface area (TPSA) is 49.9 Å². The summed E-state index contributed by atoms with van der Waals surface area (Å²) in [6.07, 6.45) is 6.75. The number of hydrogen-bond donors (Lipinski definition) is 2. The highest BCUT2D eigenvalue weighted by molar-refractivity contribution is 5.46. The zero-order valence-electron chi connectivity index (χ0n) is 4.48. The van der Waals surface area contributed by atoms with Gasteiger partial charge in [-0.2, -0.15) is 0 Å². The van der Waals surface area contributed by atoms with Crippen molar-refractivity contribution in [3.05, 3.63) is 0 Å². The molecule has 0 aromatic heterocycles. The summed E-state index contributed by atoms with van der Waals surface area (Å²) in [5.41, 5.74) is 4.39. The van der Waals surface area contributed by atoms with Crippen LogP contribution >= 0.6 is 0 Å². The van der Waals surface area contributed by atoms with E-state index in [0.717, 1.165) is 6.34 Å². The molecule has 7 heavy (non-hydrogen) atoms. The van der Waals surface area contributed by atoms with Crippen molar-refractivity contribution in [2.24, 2.45) is 5.73 Å². The third-order valence-corrected chi connectivity index (χ3v) is 1.000. The van der Waals surface area contributed by atoms with Crippen molar-refractivity contribution in [2.45, 2.75) is 25.7 Å². The third kappa shape index (κ3) is 5.47. The first kappa shape index (κ1) is 6.47. The Morgan fingerprint density at radius 1 is 1.14 bits per heavy atom. The van der Waals surface area contributed by atoms with E-state index in [1.807, 2.05) is 0 Å². The second-order valence-electron chi connectivity index (χ2n) is 1.58. The predicted octanol–water partition coefficient (Wildman–Crippen LogP) is 1.11. The highest BCUT2D eigenvalue weighted by Crippen LogP contribution is 2.15. The van der Waals surface area contributed by atoms with Crippen LogP contribution in [0.25, 0.3) is 0 Å². The van der Waals surface area contributed by atoms with Gasteiger partial charge >= 0.3 is 0 Å². The minimum absolute atomic E-state index is 0.750. The predicted molar refractivity (Wildman–Crippen MR) is 31.4 cm³/mol. The van der Waals surface area contributed by atoms with Crippen molar-refractivity contribution in [2.75, 3.05) is 0 Å². The standard InChI is InChI=1S/C4H8.CH4N2/c1-2-4-3-1;2-1-3/h1-4H2;1H,(H3,2,3). The molecule has 0 aromatic rings. The molecule has 0 aromatic carbocycles. The van der Waals surface area contributed by atoms with Gasteiger partial charge in [0.2, 0.25) is 0 Å². The zero-order chi connectivity index (χ0) is 5.54. The van der Waals surface area contributed by atoms with E-state index in [4.69, 9.17) is 5.41 Å². The first-order valence-electron chi connectivity index (χ1n) is 2.62. The molecule has 3 N–H and O–H groups in total. The molecule has 1 aliphatic carbocycles. The maximum Gasteiger partial charge on any atom is 0.0765 e. The molecule has 1 fully saturated rings. The van der Waals surface area contributed by atoms with Crippen LogP contribution in [-0.2, 0) is 0 Å². The Bertz CT molecular complexity index is 35.3. The molecule has 2 nitrogen and oxygen atoms in total. The monoisotopic (exact) mass is 100 g/mol. The second kappa shape index (κ2) is 5.47. The van der Waals surface area contributed by atoms with Crippen LogP contribution in [0.2, 0.25) is 0 Å². The van der Waals surface area contributed by atoms with Crippen molar-refractivity contribution in [3.8, 4) is 0 Å². The molecule has 2 heteroatoms. The summed E-state index contributed by atoms with van der Waals surface area (Å²) >= 11 is 0. The summed E-state index contributed by atoms with van der Waals surface area (Å²) in [5.74, 6) is 0. The second-order valence-corrected chi connectivity index (χ2v) is 1.58. The summed E-state index contributed by atoms with van der Waals surface area (Å²) in [7, 11) is 0. The van der Waals surface area contributed by atoms with Gasteiger partial charge in [0.25, 0.3) is 0 Å². The lowest BCUT2D eigenvalue weighted by Gasteiger charge is -2.05. The number of hydrogen-bond acceptors (Lipinski definition) is 1. The zero-order valence-corrected chi connectivity index (χ0v) is 4.48. The fraction of sp³-hybridized carbons (Fsp3) is 0.800. The molecular formula is C5H12N2. The average Bonchev–Trinajstić information content (AvgIpc) is 1.27. The summed E-state index contributed by atoms with van der Waals surface area (Å²) in [4.78, 5) is 0. The smallest absolute Gasteiger partial charge is 0.0765 e. The van der Waals surface area contributed by atoms with E-state index >= 15 is 0 Å². The summed E-state index contributed by atoms with van der Waals surface area (Å²) in [6.45, 7) is 0. The molecule has 0 heterocycles. The van der Waals surface area contributed by atoms with Crippen molar-refractivity contribution in [3.63, 3.8) is 0 Å². The van der Waals surface area contributed by atoms with Crippen LogP contribution in [0.3, 0.4) is 0 Å². The Morgan fingerprint density at radius 3 is 1.29 bits per heavy atom. The van der Waals surface area contributed by atoms with E-state index < -0.39 is 0 Å². The van der Waals surface area contributed by atoms with E-state index in [1.54, 1.807) is 0 Å². The molecule has 1 rings (SSSR count). The lowest BCUT2D eigenvalue weighted by atomic mass is 10.0. The maximum absolute atomic E-state index is 5.86. The van der Waals surface area contributed by atoms with Gasteiger partial charge in [-0.15, -0.1) is 0 Å². The fourth-order valence-corrected chi connectivity index (χ4v) is 0.250. The van der Waals surface area contributed by atoms with Gasteiger partial charge in [-0.3, -0.25) is 5.41 Å². The molecule has 1 aliphatic rings. The largest absolute Gasteiger partial charge is 0.390 e. The summed E-state index contributed by atoms with van der Waals surface area (Å²) < 4.78 is 0. The number of nitrogens with two attached hydrogens (primary N) is 1. The van der Waals surface area contributed by atoms with Crippen LogP contribution in [-0.4, -0.2) is 6.34 Å². The molecule has 0 radical (unpaired) electrons. The lowest BCUT2D eigenvalue weighted by molar-refractivity contribution is 0.504. The normalized spacial score (nSPS) is 15.4. The highest BCUT2D eigenvalue weighted by atomic mass is 14.6. The van der Waals surface area contributed by atoms with Crippen LogP contribution < -0.4 is 5.73 Å². The Kier molecular flexibility index (Phi) is 5.06. The molecule has 0 amide bonds. The van der Waals surface area contributed by atoms with Gasteiger partial charge in [0.05, 0.1) is 6.34 Å². The molecule has 1 saturated carbocycles. The highest BCUT2D eigenvalue weighted by Gasteiger charge is 1.95. The molecule has 0 unspecified atom stereocenters. The van der Waals surface area contributed by atoms with Crippen LogP contribution in [0.15, 0.2) is 0 Å². The van der Waals surface area contributed by atoms with Crippen LogP contribution in [0.1, 0.15) is 25.7 Å². The van der Waals surface area contributed by atoms with E-state index in [1.165, 1.54) is 25.7 Å². The average molecular weight is 100 g/mol. The molecular weight excluding hydrogens is 88.1 g/mol. The van der Waals surface area contributed by atoms with E-state index in [0.29, 0.717) is 0 Å². The van der Waals surface area contributed by atoms with Gasteiger partial charge in [0.15, 0.2) is 0 Å². The maximum atomic E-state index is 5.86. The first-order valence-corrected chi connectivity index (χ1v) is 2.62. The van der Waals surface area contributed by atoms with Crippen molar-refractivity contribution >= 4 is 6.34 Å². The van der Waals surface area contributed by atoms with Crippen molar-refractivity contribution in [1.82, 2.24) is 0 Å². The molecule has 42 valence electrons. The summed E-state index contributed by atoms with van der Waals surface area (Å²) in [5, 5.41) is 5.86. The Labute approximate surface area is 44.2 Å². The minimum atomic E-state index is 0.750. The number of rotatable bonds is 0.